The Kier molecular flexibility index (Phi) is 4.92. The van der Waals surface area contributed by atoms with Crippen LogP contribution in [0.4, 0.5) is 0 Å². The Morgan fingerprint density at radius 3 is 2.25 bits per heavy atom. The van der Waals surface area contributed by atoms with E-state index in [9.17, 15) is 9.59 Å². The molecule has 6 nitrogen and oxygen atoms in total. The maximum absolute atomic E-state index is 12.9. The van der Waals surface area contributed by atoms with Gasteiger partial charge in [0.1, 0.15) is 5.56 Å². The van der Waals surface area contributed by atoms with Crippen molar-refractivity contribution in [1.82, 2.24) is 15.0 Å². The molecule has 6 heteroatoms. The lowest BCUT2D eigenvalue weighted by atomic mass is 10.0. The van der Waals surface area contributed by atoms with Crippen molar-refractivity contribution in [2.24, 2.45) is 5.92 Å². The van der Waals surface area contributed by atoms with Crippen molar-refractivity contribution >= 4 is 11.8 Å². The average molecular weight is 333 g/mol. The van der Waals surface area contributed by atoms with Crippen LogP contribution in [-0.4, -0.2) is 52.9 Å². The molecule has 3 rings (SSSR count). The summed E-state index contributed by atoms with van der Waals surface area (Å²) in [6.45, 7) is 8.22. The molecule has 24 heavy (non-hydrogen) atoms. The van der Waals surface area contributed by atoms with E-state index in [1.54, 1.807) is 0 Å². The van der Waals surface area contributed by atoms with Crippen LogP contribution in [0.5, 0.6) is 0 Å². The number of carbonyl (C=O) groups is 2. The van der Waals surface area contributed by atoms with E-state index in [1.165, 1.54) is 12.8 Å². The Morgan fingerprint density at radius 2 is 1.67 bits per heavy atom. The van der Waals surface area contributed by atoms with E-state index in [0.717, 1.165) is 12.8 Å². The highest BCUT2D eigenvalue weighted by Gasteiger charge is 2.32. The summed E-state index contributed by atoms with van der Waals surface area (Å²) in [5.74, 6) is 1.24. The first-order chi connectivity index (χ1) is 11.5. The molecule has 1 aromatic heterocycles. The number of nitrogens with zero attached hydrogens (tertiary/aromatic N) is 3. The lowest BCUT2D eigenvalue weighted by molar-refractivity contribution is -0.136. The molecule has 0 atom stereocenters. The van der Waals surface area contributed by atoms with E-state index in [4.69, 9.17) is 4.52 Å². The smallest absolute Gasteiger partial charge is 0.259 e. The monoisotopic (exact) mass is 333 g/mol. The number of carbonyl (C=O) groups excluding carboxylic acids is 2. The minimum atomic E-state index is -0.0228. The lowest BCUT2D eigenvalue weighted by Crippen LogP contribution is -2.52. The Balaban J connectivity index is 1.63. The molecule has 1 aliphatic carbocycles. The van der Waals surface area contributed by atoms with E-state index in [-0.39, 0.29) is 23.7 Å². The third-order valence-corrected chi connectivity index (χ3v) is 5.21. The van der Waals surface area contributed by atoms with Crippen LogP contribution in [0, 0.1) is 12.8 Å². The predicted octanol–water partition coefficient (Wildman–Crippen LogP) is 2.58. The summed E-state index contributed by atoms with van der Waals surface area (Å²) in [6.07, 6.45) is 4.38. The van der Waals surface area contributed by atoms with Crippen LogP contribution in [0.2, 0.25) is 0 Å². The molecule has 1 saturated carbocycles. The number of hydrogen-bond donors (Lipinski definition) is 0. The number of hydrogen-bond acceptors (Lipinski definition) is 4. The Bertz CT molecular complexity index is 609. The summed E-state index contributed by atoms with van der Waals surface area (Å²) in [5.41, 5.74) is 1.24. The minimum Gasteiger partial charge on any atom is -0.360 e. The number of aryl methyl sites for hydroxylation is 1. The zero-order valence-corrected chi connectivity index (χ0v) is 14.9. The molecule has 1 saturated heterocycles. The summed E-state index contributed by atoms with van der Waals surface area (Å²) in [5, 5.41) is 3.96. The second-order valence-corrected chi connectivity index (χ2v) is 7.26. The van der Waals surface area contributed by atoms with Crippen LogP contribution >= 0.6 is 0 Å². The molecule has 2 heterocycles. The van der Waals surface area contributed by atoms with Crippen molar-refractivity contribution in [3.8, 4) is 0 Å². The second kappa shape index (κ2) is 6.95. The third kappa shape index (κ3) is 3.19. The first-order valence-corrected chi connectivity index (χ1v) is 9.03. The van der Waals surface area contributed by atoms with Gasteiger partial charge in [-0.15, -0.1) is 0 Å². The van der Waals surface area contributed by atoms with Crippen molar-refractivity contribution < 1.29 is 14.1 Å². The van der Waals surface area contributed by atoms with Gasteiger partial charge in [0.15, 0.2) is 5.76 Å². The van der Waals surface area contributed by atoms with E-state index in [1.807, 2.05) is 30.6 Å². The number of piperazine rings is 1. The summed E-state index contributed by atoms with van der Waals surface area (Å²) in [4.78, 5) is 29.1. The summed E-state index contributed by atoms with van der Waals surface area (Å²) >= 11 is 0. The third-order valence-electron chi connectivity index (χ3n) is 5.21. The highest BCUT2D eigenvalue weighted by molar-refractivity contribution is 5.96. The lowest BCUT2D eigenvalue weighted by Gasteiger charge is -2.36. The van der Waals surface area contributed by atoms with Crippen molar-refractivity contribution in [2.75, 3.05) is 26.2 Å². The zero-order chi connectivity index (χ0) is 17.3. The molecule has 0 N–H and O–H groups in total. The maximum atomic E-state index is 12.9. The molecular weight excluding hydrogens is 306 g/mol. The first kappa shape index (κ1) is 17.0. The van der Waals surface area contributed by atoms with Gasteiger partial charge in [0.25, 0.3) is 5.91 Å². The largest absolute Gasteiger partial charge is 0.360 e. The molecule has 2 amide bonds. The van der Waals surface area contributed by atoms with Gasteiger partial charge in [-0.25, -0.2) is 0 Å². The van der Waals surface area contributed by atoms with Crippen LogP contribution in [0.15, 0.2) is 4.52 Å². The molecule has 132 valence electrons. The first-order valence-electron chi connectivity index (χ1n) is 9.03. The van der Waals surface area contributed by atoms with Gasteiger partial charge in [0, 0.05) is 38.0 Å². The van der Waals surface area contributed by atoms with Gasteiger partial charge in [0.05, 0.1) is 5.69 Å². The fourth-order valence-electron chi connectivity index (χ4n) is 3.76. The second-order valence-electron chi connectivity index (χ2n) is 7.26. The van der Waals surface area contributed by atoms with Crippen LogP contribution < -0.4 is 0 Å². The van der Waals surface area contributed by atoms with Gasteiger partial charge in [-0.1, -0.05) is 31.8 Å². The summed E-state index contributed by atoms with van der Waals surface area (Å²) < 4.78 is 5.33. The van der Waals surface area contributed by atoms with Gasteiger partial charge < -0.3 is 14.3 Å². The van der Waals surface area contributed by atoms with E-state index in [2.05, 4.69) is 5.16 Å². The van der Waals surface area contributed by atoms with Crippen LogP contribution in [0.1, 0.15) is 67.3 Å². The molecule has 1 aromatic rings. The Hall–Kier alpha value is -1.85. The topological polar surface area (TPSA) is 66.7 Å². The van der Waals surface area contributed by atoms with Gasteiger partial charge in [-0.3, -0.25) is 9.59 Å². The minimum absolute atomic E-state index is 0.0228. The van der Waals surface area contributed by atoms with Crippen molar-refractivity contribution in [1.29, 1.82) is 0 Å². The molecule has 2 aliphatic rings. The van der Waals surface area contributed by atoms with Crippen molar-refractivity contribution in [3.63, 3.8) is 0 Å². The van der Waals surface area contributed by atoms with Crippen molar-refractivity contribution in [2.45, 2.75) is 52.4 Å². The van der Waals surface area contributed by atoms with Gasteiger partial charge in [-0.05, 0) is 19.8 Å². The highest BCUT2D eigenvalue weighted by Crippen LogP contribution is 2.28. The van der Waals surface area contributed by atoms with E-state index >= 15 is 0 Å². The standard InChI is InChI=1S/C18H27N3O3/c1-12(2)16-15(13(3)19-24-16)18(23)21-10-8-20(9-11-21)17(22)14-6-4-5-7-14/h12,14H,4-11H2,1-3H3. The molecule has 0 aromatic carbocycles. The molecule has 0 unspecified atom stereocenters. The Morgan fingerprint density at radius 1 is 1.08 bits per heavy atom. The highest BCUT2D eigenvalue weighted by atomic mass is 16.5. The molecule has 0 spiro atoms. The van der Waals surface area contributed by atoms with Crippen LogP contribution in [0.3, 0.4) is 0 Å². The van der Waals surface area contributed by atoms with Gasteiger partial charge in [0.2, 0.25) is 5.91 Å². The van der Waals surface area contributed by atoms with Crippen LogP contribution in [0.25, 0.3) is 0 Å². The number of aromatic nitrogens is 1. The molecule has 2 fully saturated rings. The summed E-state index contributed by atoms with van der Waals surface area (Å²) in [6, 6.07) is 0. The fourth-order valence-corrected chi connectivity index (χ4v) is 3.76. The SMILES string of the molecule is Cc1noc(C(C)C)c1C(=O)N1CCN(C(=O)C2CCCC2)CC1. The molecule has 0 radical (unpaired) electrons. The van der Waals surface area contributed by atoms with Crippen molar-refractivity contribution in [3.05, 3.63) is 17.0 Å². The van der Waals surface area contributed by atoms with Crippen LogP contribution in [-0.2, 0) is 4.79 Å². The fraction of sp³-hybridized carbons (Fsp3) is 0.722. The van der Waals surface area contributed by atoms with Gasteiger partial charge in [-0.2, -0.15) is 0 Å². The molecular formula is C18H27N3O3. The van der Waals surface area contributed by atoms with E-state index < -0.39 is 0 Å². The maximum Gasteiger partial charge on any atom is 0.259 e. The average Bonchev–Trinajstić information content (AvgIpc) is 3.23. The quantitative estimate of drug-likeness (QED) is 0.853. The van der Waals surface area contributed by atoms with E-state index in [0.29, 0.717) is 43.2 Å². The predicted molar refractivity (Wildman–Crippen MR) is 89.8 cm³/mol. The molecule has 0 bridgehead atoms. The summed E-state index contributed by atoms with van der Waals surface area (Å²) in [7, 11) is 0. The van der Waals surface area contributed by atoms with Gasteiger partial charge >= 0.3 is 0 Å². The number of rotatable bonds is 3. The Labute approximate surface area is 143 Å². The normalized spacial score (nSPS) is 19.3. The zero-order valence-electron chi connectivity index (χ0n) is 14.9. The number of amides is 2. The molecule has 1 aliphatic heterocycles.